The molecular weight excluding hydrogens is 327 g/mol. The zero-order chi connectivity index (χ0) is 14.7. The van der Waals surface area contributed by atoms with Crippen LogP contribution in [0.2, 0.25) is 0 Å². The average Bonchev–Trinajstić information content (AvgIpc) is 2.39. The van der Waals surface area contributed by atoms with Crippen molar-refractivity contribution in [3.63, 3.8) is 0 Å². The molecular formula is C14H12BrFN2O2. The molecule has 1 N–H and O–H groups in total. The molecule has 104 valence electrons. The average molecular weight is 339 g/mol. The maximum atomic E-state index is 13.0. The molecule has 0 fully saturated rings. The van der Waals surface area contributed by atoms with Crippen LogP contribution in [0, 0.1) is 22.9 Å². The Morgan fingerprint density at radius 1 is 1.35 bits per heavy atom. The van der Waals surface area contributed by atoms with Crippen LogP contribution >= 0.6 is 15.9 Å². The molecule has 0 saturated heterocycles. The number of hydrogen-bond acceptors (Lipinski definition) is 3. The van der Waals surface area contributed by atoms with Gasteiger partial charge in [0.05, 0.1) is 4.92 Å². The Morgan fingerprint density at radius 2 is 2.10 bits per heavy atom. The Morgan fingerprint density at radius 3 is 2.75 bits per heavy atom. The molecule has 4 nitrogen and oxygen atoms in total. The van der Waals surface area contributed by atoms with E-state index in [1.807, 2.05) is 6.07 Å². The van der Waals surface area contributed by atoms with E-state index in [9.17, 15) is 14.5 Å². The van der Waals surface area contributed by atoms with Crippen molar-refractivity contribution >= 4 is 27.3 Å². The molecule has 0 aliphatic heterocycles. The van der Waals surface area contributed by atoms with E-state index in [-0.39, 0.29) is 11.5 Å². The second kappa shape index (κ2) is 6.00. The number of nitrogens with one attached hydrogen (secondary N) is 1. The molecule has 0 heterocycles. The number of nitro groups is 1. The fourth-order valence-electron chi connectivity index (χ4n) is 1.88. The van der Waals surface area contributed by atoms with E-state index in [2.05, 4.69) is 21.2 Å². The minimum Gasteiger partial charge on any atom is -0.380 e. The van der Waals surface area contributed by atoms with Crippen LogP contribution in [0.3, 0.4) is 0 Å². The van der Waals surface area contributed by atoms with Crippen molar-refractivity contribution in [1.82, 2.24) is 0 Å². The number of anilines is 1. The summed E-state index contributed by atoms with van der Waals surface area (Å²) < 4.78 is 13.6. The predicted octanol–water partition coefficient (Wildman–Crippen LogP) is 4.42. The van der Waals surface area contributed by atoms with Gasteiger partial charge < -0.3 is 5.32 Å². The van der Waals surface area contributed by atoms with Crippen LogP contribution in [0.1, 0.15) is 11.1 Å². The highest BCUT2D eigenvalue weighted by molar-refractivity contribution is 9.10. The summed E-state index contributed by atoms with van der Waals surface area (Å²) in [6.45, 7) is 2.15. The molecule has 0 spiro atoms. The number of rotatable bonds is 4. The quantitative estimate of drug-likeness (QED) is 0.663. The molecule has 20 heavy (non-hydrogen) atoms. The fraction of sp³-hybridized carbons (Fsp3) is 0.143. The van der Waals surface area contributed by atoms with Crippen LogP contribution in [0.25, 0.3) is 0 Å². The Balaban J connectivity index is 2.19. The lowest BCUT2D eigenvalue weighted by Gasteiger charge is -2.10. The molecule has 2 aromatic carbocycles. The fourth-order valence-corrected chi connectivity index (χ4v) is 2.37. The summed E-state index contributed by atoms with van der Waals surface area (Å²) >= 11 is 3.27. The number of hydrogen-bond donors (Lipinski definition) is 1. The van der Waals surface area contributed by atoms with E-state index in [1.165, 1.54) is 18.2 Å². The monoisotopic (exact) mass is 338 g/mol. The summed E-state index contributed by atoms with van der Waals surface area (Å²) in [6.07, 6.45) is 0. The van der Waals surface area contributed by atoms with Crippen molar-refractivity contribution in [3.8, 4) is 0 Å². The van der Waals surface area contributed by atoms with E-state index in [4.69, 9.17) is 0 Å². The highest BCUT2D eigenvalue weighted by Gasteiger charge is 2.13. The first-order valence-electron chi connectivity index (χ1n) is 5.91. The third-order valence-corrected chi connectivity index (χ3v) is 3.67. The smallest absolute Gasteiger partial charge is 0.272 e. The maximum Gasteiger partial charge on any atom is 0.272 e. The van der Waals surface area contributed by atoms with Gasteiger partial charge in [-0.25, -0.2) is 4.39 Å². The summed E-state index contributed by atoms with van der Waals surface area (Å²) in [5.41, 5.74) is 2.29. The molecule has 0 bridgehead atoms. The molecule has 2 rings (SSSR count). The molecule has 0 saturated carbocycles. The Labute approximate surface area is 123 Å². The molecule has 0 aromatic heterocycles. The van der Waals surface area contributed by atoms with Crippen molar-refractivity contribution < 1.29 is 9.31 Å². The van der Waals surface area contributed by atoms with Gasteiger partial charge in [-0.15, -0.1) is 0 Å². The van der Waals surface area contributed by atoms with E-state index >= 15 is 0 Å². The van der Waals surface area contributed by atoms with Gasteiger partial charge in [-0.2, -0.15) is 0 Å². The SMILES string of the molecule is Cc1c(CNc2ccc(F)cc2Br)cccc1[N+](=O)[O-]. The lowest BCUT2D eigenvalue weighted by molar-refractivity contribution is -0.385. The molecule has 2 aromatic rings. The molecule has 0 unspecified atom stereocenters. The van der Waals surface area contributed by atoms with Gasteiger partial charge in [-0.3, -0.25) is 10.1 Å². The third kappa shape index (κ3) is 3.14. The molecule has 6 heteroatoms. The minimum atomic E-state index is -0.396. The number of nitro benzene ring substituents is 1. The Kier molecular flexibility index (Phi) is 4.34. The van der Waals surface area contributed by atoms with Crippen molar-refractivity contribution in [3.05, 3.63) is 67.9 Å². The largest absolute Gasteiger partial charge is 0.380 e. The highest BCUT2D eigenvalue weighted by atomic mass is 79.9. The summed E-state index contributed by atoms with van der Waals surface area (Å²) in [6, 6.07) is 9.30. The molecule has 0 aliphatic rings. The van der Waals surface area contributed by atoms with E-state index < -0.39 is 4.92 Å². The summed E-state index contributed by atoms with van der Waals surface area (Å²) in [5, 5.41) is 14.0. The second-order valence-corrected chi connectivity index (χ2v) is 5.15. The summed E-state index contributed by atoms with van der Waals surface area (Å²) in [4.78, 5) is 10.5. The first kappa shape index (κ1) is 14.5. The molecule has 0 radical (unpaired) electrons. The van der Waals surface area contributed by atoms with Crippen LogP contribution in [0.15, 0.2) is 40.9 Å². The van der Waals surface area contributed by atoms with E-state index in [0.29, 0.717) is 16.6 Å². The molecule has 0 amide bonds. The highest BCUT2D eigenvalue weighted by Crippen LogP contribution is 2.25. The van der Waals surface area contributed by atoms with Gasteiger partial charge in [0, 0.05) is 28.3 Å². The molecule has 0 atom stereocenters. The lowest BCUT2D eigenvalue weighted by Crippen LogP contribution is -2.04. The summed E-state index contributed by atoms with van der Waals surface area (Å²) in [7, 11) is 0. The molecule has 0 aliphatic carbocycles. The third-order valence-electron chi connectivity index (χ3n) is 3.01. The normalized spacial score (nSPS) is 10.3. The predicted molar refractivity (Wildman–Crippen MR) is 79.3 cm³/mol. The lowest BCUT2D eigenvalue weighted by atomic mass is 10.1. The second-order valence-electron chi connectivity index (χ2n) is 4.30. The number of halogens is 2. The maximum absolute atomic E-state index is 13.0. The van der Waals surface area contributed by atoms with Crippen molar-refractivity contribution in [2.45, 2.75) is 13.5 Å². The topological polar surface area (TPSA) is 55.2 Å². The minimum absolute atomic E-state index is 0.0995. The zero-order valence-corrected chi connectivity index (χ0v) is 12.3. The standard InChI is InChI=1S/C14H12BrFN2O2/c1-9-10(3-2-4-14(9)18(19)20)8-17-13-6-5-11(16)7-12(13)15/h2-7,17H,8H2,1H3. The first-order chi connectivity index (χ1) is 9.49. The van der Waals surface area contributed by atoms with Crippen LogP contribution in [-0.2, 0) is 6.54 Å². The van der Waals surface area contributed by atoms with Gasteiger partial charge in [-0.05, 0) is 46.6 Å². The zero-order valence-electron chi connectivity index (χ0n) is 10.7. The Hall–Kier alpha value is -1.95. The van der Waals surface area contributed by atoms with Gasteiger partial charge >= 0.3 is 0 Å². The van der Waals surface area contributed by atoms with Gasteiger partial charge in [0.1, 0.15) is 5.82 Å². The summed E-state index contributed by atoms with van der Waals surface area (Å²) in [5.74, 6) is -0.325. The van der Waals surface area contributed by atoms with E-state index in [0.717, 1.165) is 11.3 Å². The van der Waals surface area contributed by atoms with Crippen molar-refractivity contribution in [2.24, 2.45) is 0 Å². The van der Waals surface area contributed by atoms with Crippen LogP contribution in [0.5, 0.6) is 0 Å². The van der Waals surface area contributed by atoms with Crippen LogP contribution in [0.4, 0.5) is 15.8 Å². The number of nitrogens with zero attached hydrogens (tertiary/aromatic N) is 1. The first-order valence-corrected chi connectivity index (χ1v) is 6.70. The van der Waals surface area contributed by atoms with Gasteiger partial charge in [0.15, 0.2) is 0 Å². The van der Waals surface area contributed by atoms with Crippen LogP contribution in [-0.4, -0.2) is 4.92 Å². The van der Waals surface area contributed by atoms with Crippen molar-refractivity contribution in [2.75, 3.05) is 5.32 Å². The van der Waals surface area contributed by atoms with Crippen LogP contribution < -0.4 is 5.32 Å². The van der Waals surface area contributed by atoms with Gasteiger partial charge in [0.25, 0.3) is 5.69 Å². The van der Waals surface area contributed by atoms with Gasteiger partial charge in [0.2, 0.25) is 0 Å². The van der Waals surface area contributed by atoms with E-state index in [1.54, 1.807) is 19.1 Å². The Bertz CT molecular complexity index is 662. The number of benzene rings is 2. The van der Waals surface area contributed by atoms with Crippen molar-refractivity contribution in [1.29, 1.82) is 0 Å². The van der Waals surface area contributed by atoms with Gasteiger partial charge in [-0.1, -0.05) is 12.1 Å².